The van der Waals surface area contributed by atoms with Crippen LogP contribution in [0.15, 0.2) is 16.3 Å². The van der Waals surface area contributed by atoms with E-state index >= 15 is 0 Å². The van der Waals surface area contributed by atoms with Gasteiger partial charge in [-0.1, -0.05) is 11.6 Å². The van der Waals surface area contributed by atoms with Crippen molar-refractivity contribution in [3.63, 3.8) is 0 Å². The Morgan fingerprint density at radius 3 is 2.50 bits per heavy atom. The number of thiophene rings is 1. The minimum Gasteiger partial charge on any atom is -0.284 e. The van der Waals surface area contributed by atoms with Gasteiger partial charge in [0.25, 0.3) is 0 Å². The fourth-order valence-corrected chi connectivity index (χ4v) is 5.94. The van der Waals surface area contributed by atoms with Crippen LogP contribution in [0.25, 0.3) is 0 Å². The maximum absolute atomic E-state index is 12.4. The normalized spacial score (nSPS) is 23.4. The summed E-state index contributed by atoms with van der Waals surface area (Å²) in [6.07, 6.45) is 2.78. The van der Waals surface area contributed by atoms with Gasteiger partial charge >= 0.3 is 11.9 Å². The molecular formula is C15H20ClN4O4S2+. The Bertz CT molecular complexity index is 859. The van der Waals surface area contributed by atoms with Crippen LogP contribution in [-0.2, 0) is 14.8 Å². The number of urea groups is 1. The van der Waals surface area contributed by atoms with Crippen LogP contribution in [-0.4, -0.2) is 80.2 Å². The molecule has 0 radical (unpaired) electrons. The second-order valence-corrected chi connectivity index (χ2v) is 10.0. The lowest BCUT2D eigenvalue weighted by molar-refractivity contribution is -0.401. The van der Waals surface area contributed by atoms with Crippen LogP contribution in [0.4, 0.5) is 4.79 Å². The van der Waals surface area contributed by atoms with Gasteiger partial charge in [-0.25, -0.2) is 22.5 Å². The molecule has 8 nitrogen and oxygen atoms in total. The molecule has 1 unspecified atom stereocenters. The molecule has 1 atom stereocenters. The molecule has 0 bridgehead atoms. The molecule has 2 aliphatic rings. The van der Waals surface area contributed by atoms with Gasteiger partial charge in [0.05, 0.1) is 18.4 Å². The van der Waals surface area contributed by atoms with Crippen molar-refractivity contribution >= 4 is 51.1 Å². The quantitative estimate of drug-likeness (QED) is 0.730. The fraction of sp³-hybridized carbons (Fsp3) is 0.533. The van der Waals surface area contributed by atoms with Gasteiger partial charge in [0.1, 0.15) is 10.4 Å². The molecule has 1 aromatic rings. The average molecular weight is 420 g/mol. The summed E-state index contributed by atoms with van der Waals surface area (Å²) in [7, 11) is -0.504. The van der Waals surface area contributed by atoms with Crippen LogP contribution in [0.5, 0.6) is 0 Å². The molecule has 0 aromatic carbocycles. The van der Waals surface area contributed by atoms with Crippen LogP contribution in [0.2, 0.25) is 4.34 Å². The molecule has 142 valence electrons. The second kappa shape index (κ2) is 7.35. The Kier molecular flexibility index (Phi) is 5.50. The summed E-state index contributed by atoms with van der Waals surface area (Å²) >= 11 is 6.83. The monoisotopic (exact) mass is 419 g/mol. The first-order valence-corrected chi connectivity index (χ1v) is 10.8. The first-order chi connectivity index (χ1) is 12.2. The van der Waals surface area contributed by atoms with Crippen molar-refractivity contribution in [2.75, 3.05) is 27.2 Å². The molecule has 0 aliphatic carbocycles. The summed E-state index contributed by atoms with van der Waals surface area (Å²) in [5, 5.41) is 0. The Labute approximate surface area is 161 Å². The number of piperidine rings is 1. The predicted octanol–water partition coefficient (Wildman–Crippen LogP) is 0.818. The Balaban J connectivity index is 1.63. The lowest BCUT2D eigenvalue weighted by atomic mass is 10.0. The highest BCUT2D eigenvalue weighted by Gasteiger charge is 2.42. The molecule has 1 fully saturated rings. The molecule has 3 amide bonds. The summed E-state index contributed by atoms with van der Waals surface area (Å²) < 4.78 is 29.5. The van der Waals surface area contributed by atoms with Crippen LogP contribution < -0.4 is 4.72 Å². The highest BCUT2D eigenvalue weighted by molar-refractivity contribution is 7.91. The standard InChI is InChI=1S/C15H20ClN4O4S2/c1-18-9-11(14(21)19(2)15(18)22)20-7-5-10(6-8-20)17-26(23,24)13-4-3-12(16)25-13/h3-4,9-11,17H,5-8H2,1-2H3/q+1. The zero-order valence-corrected chi connectivity index (χ0v) is 16.8. The van der Waals surface area contributed by atoms with Crippen molar-refractivity contribution in [3.05, 3.63) is 16.5 Å². The molecule has 0 saturated carbocycles. The molecule has 2 aliphatic heterocycles. The number of likely N-dealkylation sites (tertiary alicyclic amines) is 1. The predicted molar refractivity (Wildman–Crippen MR) is 98.4 cm³/mol. The number of rotatable bonds is 4. The van der Waals surface area contributed by atoms with Gasteiger partial charge in [0.15, 0.2) is 6.04 Å². The minimum absolute atomic E-state index is 0.197. The number of likely N-dealkylation sites (N-methyl/N-ethyl adjacent to an activating group) is 1. The lowest BCUT2D eigenvalue weighted by Crippen LogP contribution is -2.59. The summed E-state index contributed by atoms with van der Waals surface area (Å²) in [4.78, 5) is 27.2. The van der Waals surface area contributed by atoms with Gasteiger partial charge in [-0.15, -0.1) is 11.3 Å². The van der Waals surface area contributed by atoms with E-state index in [4.69, 9.17) is 11.6 Å². The van der Waals surface area contributed by atoms with Crippen molar-refractivity contribution in [2.45, 2.75) is 29.1 Å². The highest BCUT2D eigenvalue weighted by atomic mass is 35.5. The smallest absolute Gasteiger partial charge is 0.284 e. The third-order valence-corrected chi connectivity index (χ3v) is 7.84. The first kappa shape index (κ1) is 19.4. The van der Waals surface area contributed by atoms with Gasteiger partial charge in [0.2, 0.25) is 10.0 Å². The molecule has 11 heteroatoms. The van der Waals surface area contributed by atoms with Gasteiger partial charge in [-0.3, -0.25) is 4.90 Å². The third kappa shape index (κ3) is 3.84. The summed E-state index contributed by atoms with van der Waals surface area (Å²) in [6.45, 7) is 1.11. The number of nitrogens with zero attached hydrogens (tertiary/aromatic N) is 3. The number of sulfonamides is 1. The van der Waals surface area contributed by atoms with Gasteiger partial charge in [-0.05, 0) is 25.0 Å². The molecule has 1 N–H and O–H groups in total. The van der Waals surface area contributed by atoms with E-state index in [1.165, 1.54) is 17.7 Å². The van der Waals surface area contributed by atoms with Gasteiger partial charge in [0, 0.05) is 19.1 Å². The molecule has 1 aromatic heterocycles. The van der Waals surface area contributed by atoms with Gasteiger partial charge in [-0.2, -0.15) is 9.69 Å². The van der Waals surface area contributed by atoms with Crippen LogP contribution in [0.1, 0.15) is 12.8 Å². The number of nitrogens with one attached hydrogen (secondary N) is 1. The second-order valence-electron chi connectivity index (χ2n) is 6.37. The van der Waals surface area contributed by atoms with E-state index in [1.54, 1.807) is 19.3 Å². The molecule has 1 saturated heterocycles. The highest BCUT2D eigenvalue weighted by Crippen LogP contribution is 2.26. The summed E-state index contributed by atoms with van der Waals surface area (Å²) in [5.74, 6) is -0.264. The zero-order valence-electron chi connectivity index (χ0n) is 14.4. The van der Waals surface area contributed by atoms with Crippen LogP contribution in [0.3, 0.4) is 0 Å². The zero-order chi connectivity index (χ0) is 19.1. The molecule has 3 rings (SSSR count). The summed E-state index contributed by atoms with van der Waals surface area (Å²) in [5.41, 5.74) is 0. The largest absolute Gasteiger partial charge is 0.500 e. The van der Waals surface area contributed by atoms with E-state index in [0.29, 0.717) is 30.3 Å². The van der Waals surface area contributed by atoms with Crippen molar-refractivity contribution < 1.29 is 22.6 Å². The minimum atomic E-state index is -3.59. The van der Waals surface area contributed by atoms with E-state index in [-0.39, 0.29) is 22.2 Å². The number of hydrogen-bond acceptors (Lipinski definition) is 6. The number of carbonyl (C=O) groups is 2. The van der Waals surface area contributed by atoms with Crippen LogP contribution in [0, 0.1) is 0 Å². The molecular weight excluding hydrogens is 400 g/mol. The van der Waals surface area contributed by atoms with E-state index in [0.717, 1.165) is 16.2 Å². The number of amides is 3. The molecule has 26 heavy (non-hydrogen) atoms. The number of hydrogen-bond donors (Lipinski definition) is 1. The van der Waals surface area contributed by atoms with E-state index in [1.807, 2.05) is 4.90 Å². The topological polar surface area (TPSA) is 89.8 Å². The van der Waals surface area contributed by atoms with Gasteiger partial charge < -0.3 is 0 Å². The van der Waals surface area contributed by atoms with Crippen molar-refractivity contribution in [2.24, 2.45) is 0 Å². The number of halogens is 1. The van der Waals surface area contributed by atoms with Crippen molar-refractivity contribution in [3.8, 4) is 0 Å². The lowest BCUT2D eigenvalue weighted by Gasteiger charge is -2.35. The SMILES string of the molecule is CN1C(=O)C(N2CCC(NS(=O)(=O)c3ccc(Cl)s3)CC2)C=[N+](C)C1=O. The first-order valence-electron chi connectivity index (χ1n) is 8.10. The van der Waals surface area contributed by atoms with E-state index in [9.17, 15) is 18.0 Å². The van der Waals surface area contributed by atoms with Crippen molar-refractivity contribution in [1.29, 1.82) is 0 Å². The Morgan fingerprint density at radius 2 is 1.92 bits per heavy atom. The average Bonchev–Trinajstić information content (AvgIpc) is 3.04. The summed E-state index contributed by atoms with van der Waals surface area (Å²) in [6, 6.07) is 1.98. The van der Waals surface area contributed by atoms with E-state index in [2.05, 4.69) is 4.72 Å². The number of imide groups is 1. The van der Waals surface area contributed by atoms with Crippen molar-refractivity contribution in [1.82, 2.24) is 14.5 Å². The fourth-order valence-electron chi connectivity index (χ4n) is 3.13. The molecule has 3 heterocycles. The molecule has 0 spiro atoms. The maximum Gasteiger partial charge on any atom is 0.500 e. The Hall–Kier alpha value is -1.33. The number of carbonyl (C=O) groups excluding carboxylic acids is 2. The van der Waals surface area contributed by atoms with Crippen LogP contribution >= 0.6 is 22.9 Å². The third-order valence-electron chi connectivity index (χ3n) is 4.60. The van der Waals surface area contributed by atoms with E-state index < -0.39 is 16.1 Å². The Morgan fingerprint density at radius 1 is 1.27 bits per heavy atom. The maximum atomic E-state index is 12.4.